The predicted molar refractivity (Wildman–Crippen MR) is 103 cm³/mol. The zero-order valence-electron chi connectivity index (χ0n) is 15.1. The summed E-state index contributed by atoms with van der Waals surface area (Å²) in [7, 11) is 1.43. The molecule has 0 saturated heterocycles. The maximum absolute atomic E-state index is 12.4. The fraction of sp³-hybridized carbons (Fsp3) is 0.333. The van der Waals surface area contributed by atoms with Crippen molar-refractivity contribution in [3.63, 3.8) is 0 Å². The van der Waals surface area contributed by atoms with Crippen molar-refractivity contribution in [2.45, 2.75) is 23.9 Å². The monoisotopic (exact) mass is 444 g/mol. The lowest BCUT2D eigenvalue weighted by molar-refractivity contribution is 0.0527. The van der Waals surface area contributed by atoms with Crippen molar-refractivity contribution in [1.29, 1.82) is 0 Å². The molecule has 0 aliphatic carbocycles. The van der Waals surface area contributed by atoms with Crippen LogP contribution in [0.5, 0.6) is 0 Å². The zero-order valence-corrected chi connectivity index (χ0v) is 17.5. The number of nitrogens with one attached hydrogen (secondary N) is 1. The van der Waals surface area contributed by atoms with Crippen LogP contribution in [0, 0.1) is 19.3 Å². The van der Waals surface area contributed by atoms with Gasteiger partial charge in [0.05, 0.1) is 17.3 Å². The lowest BCUT2D eigenvalue weighted by Crippen LogP contribution is -2.37. The Bertz CT molecular complexity index is 1020. The van der Waals surface area contributed by atoms with Gasteiger partial charge in [0, 0.05) is 7.05 Å². The van der Waals surface area contributed by atoms with Crippen LogP contribution in [0.3, 0.4) is 0 Å². The van der Waals surface area contributed by atoms with Crippen LogP contribution in [0.1, 0.15) is 22.2 Å². The molecule has 13 heteroatoms. The number of carbonyl (C=O) groups excluding carboxylic acids is 2. The van der Waals surface area contributed by atoms with E-state index >= 15 is 0 Å². The topological polar surface area (TPSA) is 122 Å². The molecule has 0 radical (unpaired) electrons. The van der Waals surface area contributed by atoms with Gasteiger partial charge in [0.15, 0.2) is 5.16 Å². The number of nitrogens with zero attached hydrogens (tertiary/aromatic N) is 3. The molecule has 10 nitrogen and oxygen atoms in total. The summed E-state index contributed by atoms with van der Waals surface area (Å²) in [5.41, 5.74) is 1.70. The average molecular weight is 445 g/mol. The van der Waals surface area contributed by atoms with Gasteiger partial charge >= 0.3 is 17.7 Å². The van der Waals surface area contributed by atoms with E-state index in [9.17, 15) is 18.6 Å². The summed E-state index contributed by atoms with van der Waals surface area (Å²) >= 11 is -0.0619. The first-order valence-corrected chi connectivity index (χ1v) is 10.6. The maximum atomic E-state index is 12.4. The molecule has 0 bridgehead atoms. The van der Waals surface area contributed by atoms with E-state index in [4.69, 9.17) is 15.4 Å². The lowest BCUT2D eigenvalue weighted by Gasteiger charge is -2.06. The highest BCUT2D eigenvalue weighted by Gasteiger charge is 2.24. The largest absolute Gasteiger partial charge is 0.462 e. The Morgan fingerprint density at radius 3 is 2.86 bits per heavy atom. The highest BCUT2D eigenvalue weighted by atomic mass is 32.2. The Hall–Kier alpha value is -2.40. The number of terminal acetylenes is 1. The highest BCUT2D eigenvalue weighted by Crippen LogP contribution is 2.26. The number of ether oxygens (including phenoxy) is 1. The smallest absolute Gasteiger partial charge is 0.371 e. The molecule has 28 heavy (non-hydrogen) atoms. The highest BCUT2D eigenvalue weighted by molar-refractivity contribution is 7.99. The number of hydrogen-bond donors (Lipinski definition) is 1. The molecule has 0 spiro atoms. The van der Waals surface area contributed by atoms with Gasteiger partial charge in [0.1, 0.15) is 4.88 Å². The minimum absolute atomic E-state index is 0.0855. The number of aromatic nitrogens is 3. The Kier molecular flexibility index (Phi) is 7.58. The molecule has 2 aromatic rings. The molecular formula is C15H16N4O6S3. The lowest BCUT2D eigenvalue weighted by atomic mass is 10.3. The Labute approximate surface area is 170 Å². The predicted octanol–water partition coefficient (Wildman–Crippen LogP) is 1.07. The van der Waals surface area contributed by atoms with Crippen molar-refractivity contribution in [2.75, 3.05) is 12.4 Å². The summed E-state index contributed by atoms with van der Waals surface area (Å²) in [5.74, 6) is 2.00. The Morgan fingerprint density at radius 1 is 1.50 bits per heavy atom. The third-order valence-electron chi connectivity index (χ3n) is 3.17. The fourth-order valence-electron chi connectivity index (χ4n) is 1.92. The number of amides is 1. The molecule has 2 rings (SSSR count). The molecule has 0 saturated carbocycles. The molecule has 1 unspecified atom stereocenters. The van der Waals surface area contributed by atoms with Crippen LogP contribution in [0.2, 0.25) is 0 Å². The van der Waals surface area contributed by atoms with Gasteiger partial charge in [0.2, 0.25) is 11.1 Å². The summed E-state index contributed by atoms with van der Waals surface area (Å²) < 4.78 is 23.9. The molecule has 0 aliphatic heterocycles. The summed E-state index contributed by atoms with van der Waals surface area (Å²) in [6, 6.07) is -1.05. The summed E-state index contributed by atoms with van der Waals surface area (Å²) in [4.78, 5) is 36.4. The SMILES string of the molecule is C#CCSc1nn(C(=O)NOS(=O)c2c(C)csc2C(=O)OCC)c(=O)n1C. The number of rotatable bonds is 7. The molecule has 1 N–H and O–H groups in total. The normalized spacial score (nSPS) is 11.6. The minimum Gasteiger partial charge on any atom is -0.462 e. The molecule has 1 amide bonds. The maximum Gasteiger partial charge on any atom is 0.371 e. The second-order valence-corrected chi connectivity index (χ2v) is 7.92. The van der Waals surface area contributed by atoms with Gasteiger partial charge in [-0.1, -0.05) is 17.7 Å². The number of esters is 1. The van der Waals surface area contributed by atoms with Crippen molar-refractivity contribution >= 4 is 46.2 Å². The van der Waals surface area contributed by atoms with Gasteiger partial charge in [-0.3, -0.25) is 4.57 Å². The third kappa shape index (κ3) is 4.71. The third-order valence-corrected chi connectivity index (χ3v) is 6.39. The second-order valence-electron chi connectivity index (χ2n) is 5.05. The Balaban J connectivity index is 2.13. The molecular weight excluding hydrogens is 428 g/mol. The minimum atomic E-state index is -2.21. The number of hydroxylamine groups is 1. The number of thiophene rings is 1. The van der Waals surface area contributed by atoms with Crippen LogP contribution in [-0.4, -0.2) is 42.9 Å². The number of carbonyl (C=O) groups is 2. The quantitative estimate of drug-likeness (QED) is 0.291. The van der Waals surface area contributed by atoms with Gasteiger partial charge in [-0.15, -0.1) is 27.5 Å². The Morgan fingerprint density at radius 2 is 2.21 bits per heavy atom. The molecule has 0 aliphatic rings. The van der Waals surface area contributed by atoms with Crippen LogP contribution >= 0.6 is 23.1 Å². The van der Waals surface area contributed by atoms with Crippen LogP contribution in [0.25, 0.3) is 0 Å². The first-order valence-electron chi connectivity index (χ1n) is 7.68. The molecule has 0 aromatic carbocycles. The number of hydrogen-bond acceptors (Lipinski definition) is 9. The molecule has 2 aromatic heterocycles. The van der Waals surface area contributed by atoms with Crippen molar-refractivity contribution in [1.82, 2.24) is 19.8 Å². The van der Waals surface area contributed by atoms with Crippen molar-refractivity contribution < 1.29 is 22.8 Å². The van der Waals surface area contributed by atoms with E-state index in [2.05, 4.69) is 11.0 Å². The van der Waals surface area contributed by atoms with Gasteiger partial charge in [0.25, 0.3) is 0 Å². The number of thioether (sulfide) groups is 1. The van der Waals surface area contributed by atoms with E-state index in [-0.39, 0.29) is 27.3 Å². The van der Waals surface area contributed by atoms with E-state index in [1.54, 1.807) is 19.2 Å². The van der Waals surface area contributed by atoms with Crippen molar-refractivity contribution in [2.24, 2.45) is 7.05 Å². The van der Waals surface area contributed by atoms with Crippen LogP contribution < -0.4 is 11.2 Å². The van der Waals surface area contributed by atoms with E-state index in [0.29, 0.717) is 10.2 Å². The summed E-state index contributed by atoms with van der Waals surface area (Å²) in [6.45, 7) is 3.43. The van der Waals surface area contributed by atoms with Crippen molar-refractivity contribution in [3.8, 4) is 12.3 Å². The van der Waals surface area contributed by atoms with Crippen LogP contribution in [0.15, 0.2) is 20.2 Å². The molecule has 150 valence electrons. The van der Waals surface area contributed by atoms with E-state index in [0.717, 1.165) is 27.7 Å². The summed E-state index contributed by atoms with van der Waals surface area (Å²) in [6.07, 6.45) is 5.17. The first kappa shape index (κ1) is 21.9. The van der Waals surface area contributed by atoms with Gasteiger partial charge in [-0.2, -0.15) is 9.76 Å². The van der Waals surface area contributed by atoms with Crippen LogP contribution in [-0.2, 0) is 27.1 Å². The molecule has 2 heterocycles. The van der Waals surface area contributed by atoms with E-state index < -0.39 is 28.8 Å². The summed E-state index contributed by atoms with van der Waals surface area (Å²) in [5, 5.41) is 5.69. The standard InChI is InChI=1S/C15H16N4O6S3/c1-5-7-26-14-16-19(15(22)18(14)4)13(21)17-25-28(23)11-9(3)8-27-10(11)12(20)24-6-2/h1,8H,6-7H2,2-4H3,(H,17,21). The van der Waals surface area contributed by atoms with Gasteiger partial charge in [-0.25, -0.2) is 18.6 Å². The van der Waals surface area contributed by atoms with Gasteiger partial charge < -0.3 is 4.74 Å². The first-order chi connectivity index (χ1) is 13.3. The second kappa shape index (κ2) is 9.69. The fourth-order valence-corrected chi connectivity index (χ4v) is 4.59. The average Bonchev–Trinajstić information content (AvgIpc) is 3.19. The molecule has 0 fully saturated rings. The van der Waals surface area contributed by atoms with E-state index in [1.165, 1.54) is 7.05 Å². The van der Waals surface area contributed by atoms with Crippen LogP contribution in [0.4, 0.5) is 4.79 Å². The van der Waals surface area contributed by atoms with Gasteiger partial charge in [-0.05, 0) is 24.8 Å². The van der Waals surface area contributed by atoms with Crippen molar-refractivity contribution in [3.05, 3.63) is 26.3 Å². The van der Waals surface area contributed by atoms with E-state index in [1.807, 2.05) is 5.48 Å². The molecule has 1 atom stereocenters. The number of aryl methyl sites for hydroxylation is 1. The zero-order chi connectivity index (χ0) is 20.8.